The van der Waals surface area contributed by atoms with Crippen LogP contribution in [0.3, 0.4) is 0 Å². The summed E-state index contributed by atoms with van der Waals surface area (Å²) < 4.78 is 2.93. The lowest BCUT2D eigenvalue weighted by Gasteiger charge is -2.15. The van der Waals surface area contributed by atoms with Crippen LogP contribution in [0, 0.1) is 6.92 Å². The molecule has 0 unspecified atom stereocenters. The first-order valence-corrected chi connectivity index (χ1v) is 9.69. The van der Waals surface area contributed by atoms with Crippen molar-refractivity contribution in [3.63, 3.8) is 0 Å². The SMILES string of the molecule is Cc1ccc(Cl)c2sc(=NC(=O)c3ccc4c(c3)CCCC4)n(C)c12. The van der Waals surface area contributed by atoms with Gasteiger partial charge in [0.25, 0.3) is 5.91 Å². The van der Waals surface area contributed by atoms with Crippen LogP contribution in [0.15, 0.2) is 35.3 Å². The Morgan fingerprint density at radius 1 is 1.16 bits per heavy atom. The third kappa shape index (κ3) is 2.94. The van der Waals surface area contributed by atoms with Crippen LogP contribution >= 0.6 is 22.9 Å². The van der Waals surface area contributed by atoms with Gasteiger partial charge in [-0.2, -0.15) is 4.99 Å². The number of rotatable bonds is 1. The van der Waals surface area contributed by atoms with Crippen molar-refractivity contribution in [2.75, 3.05) is 0 Å². The van der Waals surface area contributed by atoms with E-state index in [0.717, 1.165) is 28.6 Å². The Labute approximate surface area is 155 Å². The predicted octanol–water partition coefficient (Wildman–Crippen LogP) is 4.82. The van der Waals surface area contributed by atoms with Crippen LogP contribution in [0.4, 0.5) is 0 Å². The molecule has 4 rings (SSSR count). The van der Waals surface area contributed by atoms with E-state index in [-0.39, 0.29) is 5.91 Å². The van der Waals surface area contributed by atoms with Gasteiger partial charge in [0.15, 0.2) is 4.80 Å². The van der Waals surface area contributed by atoms with Gasteiger partial charge in [0.05, 0.1) is 15.2 Å². The molecule has 2 aromatic carbocycles. The smallest absolute Gasteiger partial charge is 0.279 e. The van der Waals surface area contributed by atoms with E-state index in [1.54, 1.807) is 0 Å². The summed E-state index contributed by atoms with van der Waals surface area (Å²) in [6.45, 7) is 2.04. The first kappa shape index (κ1) is 16.6. The van der Waals surface area contributed by atoms with Gasteiger partial charge in [0.1, 0.15) is 0 Å². The van der Waals surface area contributed by atoms with Crippen LogP contribution in [0.5, 0.6) is 0 Å². The van der Waals surface area contributed by atoms with Gasteiger partial charge in [0, 0.05) is 12.6 Å². The van der Waals surface area contributed by atoms with Crippen LogP contribution < -0.4 is 4.80 Å². The minimum Gasteiger partial charge on any atom is -0.319 e. The summed E-state index contributed by atoms with van der Waals surface area (Å²) in [6, 6.07) is 9.90. The molecule has 0 radical (unpaired) electrons. The van der Waals surface area contributed by atoms with E-state index in [4.69, 9.17) is 11.6 Å². The van der Waals surface area contributed by atoms with Crippen LogP contribution in [0.25, 0.3) is 10.2 Å². The summed E-state index contributed by atoms with van der Waals surface area (Å²) in [6.07, 6.45) is 4.61. The molecule has 0 saturated carbocycles. The minimum atomic E-state index is -0.190. The van der Waals surface area contributed by atoms with E-state index in [2.05, 4.69) is 11.1 Å². The largest absolute Gasteiger partial charge is 0.319 e. The van der Waals surface area contributed by atoms with E-state index < -0.39 is 0 Å². The fourth-order valence-electron chi connectivity index (χ4n) is 3.53. The summed E-state index contributed by atoms with van der Waals surface area (Å²) in [5, 5.41) is 0.698. The zero-order valence-corrected chi connectivity index (χ0v) is 15.9. The predicted molar refractivity (Wildman–Crippen MR) is 104 cm³/mol. The second-order valence-electron chi connectivity index (χ2n) is 6.59. The highest BCUT2D eigenvalue weighted by Crippen LogP contribution is 2.28. The summed E-state index contributed by atoms with van der Waals surface area (Å²) in [4.78, 5) is 17.7. The fraction of sp³-hybridized carbons (Fsp3) is 0.300. The number of aryl methyl sites for hydroxylation is 4. The molecule has 1 aliphatic rings. The number of carbonyl (C=O) groups excluding carboxylic acids is 1. The Morgan fingerprint density at radius 2 is 1.92 bits per heavy atom. The molecule has 0 fully saturated rings. The Balaban J connectivity index is 1.80. The first-order valence-electron chi connectivity index (χ1n) is 8.50. The number of benzene rings is 2. The summed E-state index contributed by atoms with van der Waals surface area (Å²) in [5.74, 6) is -0.190. The van der Waals surface area contributed by atoms with Crippen LogP contribution in [0.2, 0.25) is 5.02 Å². The Hall–Kier alpha value is -1.91. The van der Waals surface area contributed by atoms with Crippen molar-refractivity contribution in [3.8, 4) is 0 Å². The molecule has 128 valence electrons. The molecule has 0 aliphatic heterocycles. The number of fused-ring (bicyclic) bond motifs is 2. The number of aromatic nitrogens is 1. The average molecular weight is 371 g/mol. The zero-order chi connectivity index (χ0) is 17.6. The van der Waals surface area contributed by atoms with Crippen molar-refractivity contribution in [1.82, 2.24) is 4.57 Å². The maximum absolute atomic E-state index is 12.7. The van der Waals surface area contributed by atoms with Crippen molar-refractivity contribution in [2.24, 2.45) is 12.0 Å². The third-order valence-corrected chi connectivity index (χ3v) is 6.49. The van der Waals surface area contributed by atoms with Crippen molar-refractivity contribution >= 4 is 39.1 Å². The lowest BCUT2D eigenvalue weighted by Crippen LogP contribution is -2.14. The van der Waals surface area contributed by atoms with Gasteiger partial charge in [-0.1, -0.05) is 35.1 Å². The molecular formula is C20H19ClN2OS. The van der Waals surface area contributed by atoms with Gasteiger partial charge in [-0.05, 0) is 67.5 Å². The second-order valence-corrected chi connectivity index (χ2v) is 7.98. The molecule has 0 bridgehead atoms. The highest BCUT2D eigenvalue weighted by molar-refractivity contribution is 7.17. The van der Waals surface area contributed by atoms with Gasteiger partial charge < -0.3 is 4.57 Å². The Morgan fingerprint density at radius 3 is 2.68 bits per heavy atom. The number of halogens is 1. The number of nitrogens with zero attached hydrogens (tertiary/aromatic N) is 2. The van der Waals surface area contributed by atoms with E-state index in [1.807, 2.05) is 42.8 Å². The second kappa shape index (κ2) is 6.43. The molecule has 5 heteroatoms. The van der Waals surface area contributed by atoms with Gasteiger partial charge >= 0.3 is 0 Å². The van der Waals surface area contributed by atoms with Gasteiger partial charge in [-0.15, -0.1) is 0 Å². The lowest BCUT2D eigenvalue weighted by atomic mass is 9.90. The van der Waals surface area contributed by atoms with E-state index >= 15 is 0 Å². The molecule has 25 heavy (non-hydrogen) atoms. The number of hydrogen-bond donors (Lipinski definition) is 0. The number of amides is 1. The quantitative estimate of drug-likeness (QED) is 0.604. The van der Waals surface area contributed by atoms with Gasteiger partial charge in [-0.25, -0.2) is 0 Å². The fourth-order valence-corrected chi connectivity index (χ4v) is 4.90. The van der Waals surface area contributed by atoms with E-state index in [9.17, 15) is 4.79 Å². The topological polar surface area (TPSA) is 34.4 Å². The van der Waals surface area contributed by atoms with Crippen molar-refractivity contribution in [1.29, 1.82) is 0 Å². The molecule has 1 aliphatic carbocycles. The molecule has 0 atom stereocenters. The van der Waals surface area contributed by atoms with E-state index in [0.29, 0.717) is 15.4 Å². The molecule has 0 N–H and O–H groups in total. The van der Waals surface area contributed by atoms with Crippen molar-refractivity contribution in [2.45, 2.75) is 32.6 Å². The Bertz CT molecular complexity index is 1060. The lowest BCUT2D eigenvalue weighted by molar-refractivity contribution is 0.0998. The molecule has 0 spiro atoms. The molecular weight excluding hydrogens is 352 g/mol. The minimum absolute atomic E-state index is 0.190. The molecule has 3 nitrogen and oxygen atoms in total. The third-order valence-electron chi connectivity index (χ3n) is 4.89. The molecule has 1 amide bonds. The Kier molecular flexibility index (Phi) is 4.26. The summed E-state index contributed by atoms with van der Waals surface area (Å²) in [5.41, 5.74) is 5.50. The molecule has 3 aromatic rings. The number of carbonyl (C=O) groups is 1. The van der Waals surface area contributed by atoms with Crippen LogP contribution in [-0.4, -0.2) is 10.5 Å². The summed E-state index contributed by atoms with van der Waals surface area (Å²) >= 11 is 7.78. The molecule has 1 aromatic heterocycles. The standard InChI is InChI=1S/C20H19ClN2OS/c1-12-7-10-16(21)18-17(12)23(2)20(25-18)22-19(24)15-9-8-13-5-3-4-6-14(13)11-15/h7-11H,3-6H2,1-2H3. The zero-order valence-electron chi connectivity index (χ0n) is 14.3. The van der Waals surface area contributed by atoms with Crippen molar-refractivity contribution < 1.29 is 4.79 Å². The number of thiazole rings is 1. The highest BCUT2D eigenvalue weighted by atomic mass is 35.5. The maximum Gasteiger partial charge on any atom is 0.279 e. The van der Waals surface area contributed by atoms with E-state index in [1.165, 1.54) is 35.3 Å². The normalized spacial score (nSPS) is 14.8. The van der Waals surface area contributed by atoms with Crippen LogP contribution in [-0.2, 0) is 19.9 Å². The highest BCUT2D eigenvalue weighted by Gasteiger charge is 2.14. The number of hydrogen-bond acceptors (Lipinski definition) is 2. The first-order chi connectivity index (χ1) is 12.0. The average Bonchev–Trinajstić information content (AvgIpc) is 2.95. The van der Waals surface area contributed by atoms with Crippen molar-refractivity contribution in [3.05, 3.63) is 62.4 Å². The summed E-state index contributed by atoms with van der Waals surface area (Å²) in [7, 11) is 1.93. The molecule has 1 heterocycles. The van der Waals surface area contributed by atoms with Gasteiger partial charge in [0.2, 0.25) is 0 Å². The van der Waals surface area contributed by atoms with Gasteiger partial charge in [-0.3, -0.25) is 4.79 Å². The molecule has 0 saturated heterocycles. The maximum atomic E-state index is 12.7. The van der Waals surface area contributed by atoms with Crippen LogP contribution in [0.1, 0.15) is 39.9 Å². The monoisotopic (exact) mass is 370 g/mol.